The number of pyridine rings is 1. The summed E-state index contributed by atoms with van der Waals surface area (Å²) >= 11 is 3.56. The van der Waals surface area contributed by atoms with Crippen molar-refractivity contribution in [3.63, 3.8) is 0 Å². The molecule has 2 aliphatic heterocycles. The summed E-state index contributed by atoms with van der Waals surface area (Å²) in [6, 6.07) is 20.7. The lowest BCUT2D eigenvalue weighted by Gasteiger charge is -2.38. The molecule has 5 rings (SSSR count). The minimum Gasteiger partial charge on any atom is -0.464 e. The van der Waals surface area contributed by atoms with E-state index in [0.29, 0.717) is 0 Å². The number of fused-ring (bicyclic) bond motifs is 3. The molecular formula is C21H16BrN3O. The van der Waals surface area contributed by atoms with Crippen molar-refractivity contribution in [2.75, 3.05) is 0 Å². The Morgan fingerprint density at radius 2 is 1.85 bits per heavy atom. The van der Waals surface area contributed by atoms with E-state index in [9.17, 15) is 0 Å². The van der Waals surface area contributed by atoms with E-state index in [1.165, 1.54) is 5.56 Å². The third kappa shape index (κ3) is 2.59. The van der Waals surface area contributed by atoms with E-state index in [1.807, 2.05) is 36.4 Å². The van der Waals surface area contributed by atoms with Crippen LogP contribution in [0.3, 0.4) is 0 Å². The van der Waals surface area contributed by atoms with Gasteiger partial charge in [-0.15, -0.1) is 0 Å². The molecule has 3 aromatic rings. The zero-order valence-electron chi connectivity index (χ0n) is 13.9. The van der Waals surface area contributed by atoms with Gasteiger partial charge in [0.05, 0.1) is 11.8 Å². The topological polar surface area (TPSA) is 37.7 Å². The van der Waals surface area contributed by atoms with Crippen LogP contribution in [0.15, 0.2) is 82.6 Å². The van der Waals surface area contributed by atoms with Crippen LogP contribution in [0.1, 0.15) is 35.4 Å². The van der Waals surface area contributed by atoms with Gasteiger partial charge in [0, 0.05) is 34.4 Å². The first kappa shape index (κ1) is 15.6. The van der Waals surface area contributed by atoms with Crippen LogP contribution in [0.4, 0.5) is 0 Å². The molecule has 2 aromatic carbocycles. The van der Waals surface area contributed by atoms with Crippen molar-refractivity contribution >= 4 is 21.6 Å². The molecule has 4 nitrogen and oxygen atoms in total. The third-order valence-electron chi connectivity index (χ3n) is 4.85. The van der Waals surface area contributed by atoms with Gasteiger partial charge in [0.25, 0.3) is 0 Å². The number of aromatic nitrogens is 1. The number of hydrogen-bond donors (Lipinski definition) is 0. The van der Waals surface area contributed by atoms with Gasteiger partial charge in [0.1, 0.15) is 5.75 Å². The second kappa shape index (κ2) is 6.25. The Morgan fingerprint density at radius 1 is 1.00 bits per heavy atom. The molecule has 0 unspecified atom stereocenters. The molecule has 0 aliphatic carbocycles. The number of nitrogens with zero attached hydrogens (tertiary/aromatic N) is 3. The summed E-state index contributed by atoms with van der Waals surface area (Å²) in [6.45, 7) is 0. The number of benzene rings is 2. The van der Waals surface area contributed by atoms with E-state index in [-0.39, 0.29) is 12.3 Å². The van der Waals surface area contributed by atoms with Crippen LogP contribution in [0.25, 0.3) is 0 Å². The van der Waals surface area contributed by atoms with E-state index in [2.05, 4.69) is 50.2 Å². The Morgan fingerprint density at radius 3 is 2.69 bits per heavy atom. The van der Waals surface area contributed by atoms with Crippen molar-refractivity contribution in [1.29, 1.82) is 0 Å². The smallest absolute Gasteiger partial charge is 0.213 e. The van der Waals surface area contributed by atoms with E-state index in [1.54, 1.807) is 12.4 Å². The summed E-state index contributed by atoms with van der Waals surface area (Å²) in [4.78, 5) is 4.13. The molecule has 26 heavy (non-hydrogen) atoms. The van der Waals surface area contributed by atoms with Crippen LogP contribution in [0, 0.1) is 0 Å². The normalized spacial score (nSPS) is 20.8. The molecule has 2 atom stereocenters. The van der Waals surface area contributed by atoms with Gasteiger partial charge in [0.15, 0.2) is 0 Å². The molecular weight excluding hydrogens is 390 g/mol. The highest BCUT2D eigenvalue weighted by Crippen LogP contribution is 2.47. The second-order valence-electron chi connectivity index (χ2n) is 6.45. The van der Waals surface area contributed by atoms with Gasteiger partial charge in [-0.25, -0.2) is 5.01 Å². The van der Waals surface area contributed by atoms with Gasteiger partial charge >= 0.3 is 0 Å². The zero-order chi connectivity index (χ0) is 17.5. The lowest BCUT2D eigenvalue weighted by atomic mass is 9.96. The van der Waals surface area contributed by atoms with Gasteiger partial charge in [-0.3, -0.25) is 4.98 Å². The molecule has 0 fully saturated rings. The monoisotopic (exact) mass is 405 g/mol. The number of rotatable bonds is 2. The fourth-order valence-corrected chi connectivity index (χ4v) is 4.02. The first-order valence-corrected chi connectivity index (χ1v) is 9.36. The fourth-order valence-electron chi connectivity index (χ4n) is 3.62. The molecule has 0 saturated heterocycles. The average Bonchev–Trinajstić information content (AvgIpc) is 3.14. The van der Waals surface area contributed by atoms with Crippen LogP contribution in [-0.2, 0) is 0 Å². The Hall–Kier alpha value is -2.66. The van der Waals surface area contributed by atoms with Crippen molar-refractivity contribution in [3.05, 3.63) is 94.2 Å². The predicted molar refractivity (Wildman–Crippen MR) is 104 cm³/mol. The first-order chi connectivity index (χ1) is 12.8. The van der Waals surface area contributed by atoms with Crippen LogP contribution in [0.2, 0.25) is 0 Å². The maximum absolute atomic E-state index is 6.32. The quantitative estimate of drug-likeness (QED) is 0.595. The van der Waals surface area contributed by atoms with Crippen LogP contribution >= 0.6 is 15.9 Å². The zero-order valence-corrected chi connectivity index (χ0v) is 15.5. The second-order valence-corrected chi connectivity index (χ2v) is 7.36. The standard InChI is InChI=1S/C21H16BrN3O/c22-16-5-3-4-15(12-16)18-13-19-17-6-1-2-7-20(17)26-21(25(19)24-18)14-8-10-23-11-9-14/h1-12,19,21H,13H2/t19-,21+/m1/s1. The SMILES string of the molecule is Brc1cccc(C2=NN3[C@H](C2)c2ccccc2O[C@H]3c2ccncc2)c1. The Kier molecular flexibility index (Phi) is 3.75. The summed E-state index contributed by atoms with van der Waals surface area (Å²) in [7, 11) is 0. The van der Waals surface area contributed by atoms with Crippen molar-refractivity contribution < 1.29 is 4.74 Å². The maximum Gasteiger partial charge on any atom is 0.213 e. The largest absolute Gasteiger partial charge is 0.464 e. The van der Waals surface area contributed by atoms with Gasteiger partial charge in [-0.2, -0.15) is 5.10 Å². The molecule has 0 spiro atoms. The lowest BCUT2D eigenvalue weighted by molar-refractivity contribution is -0.0190. The molecule has 0 bridgehead atoms. The maximum atomic E-state index is 6.32. The Balaban J connectivity index is 1.60. The molecule has 0 saturated carbocycles. The van der Waals surface area contributed by atoms with E-state index in [4.69, 9.17) is 9.84 Å². The molecule has 2 aliphatic rings. The molecule has 1 aromatic heterocycles. The van der Waals surface area contributed by atoms with Gasteiger partial charge in [-0.1, -0.05) is 46.3 Å². The van der Waals surface area contributed by atoms with E-state index < -0.39 is 0 Å². The minimum absolute atomic E-state index is 0.173. The number of halogens is 1. The molecule has 0 amide bonds. The minimum atomic E-state index is -0.248. The summed E-state index contributed by atoms with van der Waals surface area (Å²) < 4.78 is 7.38. The highest BCUT2D eigenvalue weighted by molar-refractivity contribution is 9.10. The summed E-state index contributed by atoms with van der Waals surface area (Å²) in [5, 5.41) is 7.05. The molecule has 0 radical (unpaired) electrons. The van der Waals surface area contributed by atoms with Gasteiger partial charge in [-0.05, 0) is 35.9 Å². The number of hydrazone groups is 1. The van der Waals surface area contributed by atoms with Crippen molar-refractivity contribution in [3.8, 4) is 5.75 Å². The fraction of sp³-hybridized carbons (Fsp3) is 0.143. The van der Waals surface area contributed by atoms with Gasteiger partial charge in [0.2, 0.25) is 6.23 Å². The lowest BCUT2D eigenvalue weighted by Crippen LogP contribution is -2.33. The van der Waals surface area contributed by atoms with Crippen molar-refractivity contribution in [1.82, 2.24) is 9.99 Å². The van der Waals surface area contributed by atoms with Crippen molar-refractivity contribution in [2.45, 2.75) is 18.7 Å². The number of para-hydroxylation sites is 1. The molecule has 0 N–H and O–H groups in total. The summed E-state index contributed by atoms with van der Waals surface area (Å²) in [6.07, 6.45) is 4.20. The third-order valence-corrected chi connectivity index (χ3v) is 5.34. The van der Waals surface area contributed by atoms with Crippen molar-refractivity contribution in [2.24, 2.45) is 5.10 Å². The molecule has 3 heterocycles. The van der Waals surface area contributed by atoms with E-state index in [0.717, 1.165) is 33.5 Å². The highest BCUT2D eigenvalue weighted by atomic mass is 79.9. The first-order valence-electron chi connectivity index (χ1n) is 8.57. The Labute approximate surface area is 160 Å². The molecule has 5 heteroatoms. The Bertz CT molecular complexity index is 989. The van der Waals surface area contributed by atoms with Crippen LogP contribution in [-0.4, -0.2) is 15.7 Å². The number of ether oxygens (including phenoxy) is 1. The van der Waals surface area contributed by atoms with Gasteiger partial charge < -0.3 is 4.74 Å². The molecule has 128 valence electrons. The highest BCUT2D eigenvalue weighted by Gasteiger charge is 2.40. The summed E-state index contributed by atoms with van der Waals surface area (Å²) in [5.41, 5.74) is 4.46. The average molecular weight is 406 g/mol. The van der Waals surface area contributed by atoms with Crippen LogP contribution in [0.5, 0.6) is 5.75 Å². The predicted octanol–water partition coefficient (Wildman–Crippen LogP) is 5.09. The number of hydrogen-bond acceptors (Lipinski definition) is 4. The summed E-state index contributed by atoms with van der Waals surface area (Å²) in [5.74, 6) is 0.932. The van der Waals surface area contributed by atoms with E-state index >= 15 is 0 Å². The van der Waals surface area contributed by atoms with Crippen LogP contribution < -0.4 is 4.74 Å².